The van der Waals surface area contributed by atoms with E-state index < -0.39 is 6.04 Å². The molecule has 0 unspecified atom stereocenters. The highest BCUT2D eigenvalue weighted by Crippen LogP contribution is 2.29. The van der Waals surface area contributed by atoms with Crippen LogP contribution in [0.3, 0.4) is 0 Å². The van der Waals surface area contributed by atoms with Crippen LogP contribution in [0.2, 0.25) is 0 Å². The molecule has 6 heteroatoms. The fraction of sp³-hybridized carbons (Fsp3) is 0.467. The van der Waals surface area contributed by atoms with Crippen LogP contribution >= 0.6 is 0 Å². The van der Waals surface area contributed by atoms with Crippen molar-refractivity contribution >= 4 is 11.8 Å². The maximum absolute atomic E-state index is 12.3. The smallest absolute Gasteiger partial charge is 0.252 e. The first-order chi connectivity index (χ1) is 10.1. The van der Waals surface area contributed by atoms with Gasteiger partial charge in [0, 0.05) is 17.7 Å². The Labute approximate surface area is 123 Å². The molecule has 1 aromatic carbocycles. The van der Waals surface area contributed by atoms with Gasteiger partial charge in [-0.2, -0.15) is 0 Å². The lowest BCUT2D eigenvalue weighted by atomic mass is 10.0. The van der Waals surface area contributed by atoms with E-state index in [9.17, 15) is 9.59 Å². The molecule has 1 saturated heterocycles. The Balaban J connectivity index is 2.20. The van der Waals surface area contributed by atoms with Crippen LogP contribution in [0.5, 0.6) is 11.5 Å². The molecule has 2 N–H and O–H groups in total. The van der Waals surface area contributed by atoms with Gasteiger partial charge in [0.25, 0.3) is 5.91 Å². The standard InChI is InChI=1S/C15H20N2O4/c1-9-12(20-2)7-10(8-13(9)21-3)14(18)17-11-5-4-6-16-15(11)19/h7-8,11H,4-6H2,1-3H3,(H,16,19)(H,17,18)/t11-/m1/s1. The van der Waals surface area contributed by atoms with Crippen LogP contribution in [0, 0.1) is 6.92 Å². The van der Waals surface area contributed by atoms with E-state index in [0.29, 0.717) is 30.0 Å². The number of carbonyl (C=O) groups excluding carboxylic acids is 2. The van der Waals surface area contributed by atoms with Crippen molar-refractivity contribution in [2.45, 2.75) is 25.8 Å². The summed E-state index contributed by atoms with van der Waals surface area (Å²) in [5, 5.41) is 5.49. The Morgan fingerprint density at radius 1 is 1.29 bits per heavy atom. The molecule has 0 aromatic heterocycles. The number of rotatable bonds is 4. The average molecular weight is 292 g/mol. The summed E-state index contributed by atoms with van der Waals surface area (Å²) in [6, 6.07) is 2.81. The molecule has 2 amide bonds. The van der Waals surface area contributed by atoms with Crippen molar-refractivity contribution in [2.75, 3.05) is 20.8 Å². The Bertz CT molecular complexity index is 532. The third kappa shape index (κ3) is 3.26. The van der Waals surface area contributed by atoms with Crippen LogP contribution in [0.1, 0.15) is 28.8 Å². The summed E-state index contributed by atoms with van der Waals surface area (Å²) in [5.41, 5.74) is 1.24. The van der Waals surface area contributed by atoms with Gasteiger partial charge in [-0.1, -0.05) is 0 Å². The zero-order chi connectivity index (χ0) is 15.4. The predicted octanol–water partition coefficient (Wildman–Crippen LogP) is 1.02. The van der Waals surface area contributed by atoms with Crippen LogP contribution in [-0.2, 0) is 4.79 Å². The van der Waals surface area contributed by atoms with Gasteiger partial charge in [-0.15, -0.1) is 0 Å². The molecule has 1 aliphatic heterocycles. The summed E-state index contributed by atoms with van der Waals surface area (Å²) in [5.74, 6) is 0.703. The van der Waals surface area contributed by atoms with E-state index in [-0.39, 0.29) is 11.8 Å². The molecule has 2 rings (SSSR count). The van der Waals surface area contributed by atoms with Crippen LogP contribution in [0.4, 0.5) is 0 Å². The predicted molar refractivity (Wildman–Crippen MR) is 77.8 cm³/mol. The number of benzene rings is 1. The second-order valence-electron chi connectivity index (χ2n) is 4.97. The maximum Gasteiger partial charge on any atom is 0.252 e. The van der Waals surface area contributed by atoms with Gasteiger partial charge in [-0.3, -0.25) is 9.59 Å². The van der Waals surface area contributed by atoms with E-state index in [0.717, 1.165) is 12.0 Å². The lowest BCUT2D eigenvalue weighted by Gasteiger charge is -2.23. The molecular weight excluding hydrogens is 272 g/mol. The van der Waals surface area contributed by atoms with E-state index in [1.807, 2.05) is 6.92 Å². The molecule has 0 saturated carbocycles. The molecule has 1 aromatic rings. The zero-order valence-corrected chi connectivity index (χ0v) is 12.5. The summed E-state index contributed by atoms with van der Waals surface area (Å²) >= 11 is 0. The third-order valence-corrected chi connectivity index (χ3v) is 3.61. The van der Waals surface area contributed by atoms with E-state index in [1.54, 1.807) is 12.1 Å². The third-order valence-electron chi connectivity index (χ3n) is 3.61. The Morgan fingerprint density at radius 3 is 2.43 bits per heavy atom. The fourth-order valence-corrected chi connectivity index (χ4v) is 2.37. The molecule has 1 heterocycles. The second kappa shape index (κ2) is 6.47. The Kier molecular flexibility index (Phi) is 4.67. The molecular formula is C15H20N2O4. The van der Waals surface area contributed by atoms with Gasteiger partial charge in [0.05, 0.1) is 14.2 Å². The van der Waals surface area contributed by atoms with Crippen LogP contribution in [0.15, 0.2) is 12.1 Å². The van der Waals surface area contributed by atoms with Crippen molar-refractivity contribution < 1.29 is 19.1 Å². The minimum absolute atomic E-state index is 0.138. The number of ether oxygens (including phenoxy) is 2. The van der Waals surface area contributed by atoms with Crippen molar-refractivity contribution in [2.24, 2.45) is 0 Å². The largest absolute Gasteiger partial charge is 0.496 e. The second-order valence-corrected chi connectivity index (χ2v) is 4.97. The maximum atomic E-state index is 12.3. The first kappa shape index (κ1) is 15.2. The SMILES string of the molecule is COc1cc(C(=O)N[C@@H]2CCCNC2=O)cc(OC)c1C. The summed E-state index contributed by atoms with van der Waals surface area (Å²) in [6.07, 6.45) is 1.51. The molecule has 6 nitrogen and oxygen atoms in total. The highest BCUT2D eigenvalue weighted by molar-refractivity contribution is 5.98. The normalized spacial score (nSPS) is 17.9. The van der Waals surface area contributed by atoms with Crippen molar-refractivity contribution in [1.29, 1.82) is 0 Å². The molecule has 0 spiro atoms. The Morgan fingerprint density at radius 2 is 1.90 bits per heavy atom. The summed E-state index contributed by atoms with van der Waals surface area (Å²) in [7, 11) is 3.08. The number of piperidine rings is 1. The molecule has 114 valence electrons. The molecule has 1 fully saturated rings. The fourth-order valence-electron chi connectivity index (χ4n) is 2.37. The van der Waals surface area contributed by atoms with Gasteiger partial charge in [-0.05, 0) is 31.9 Å². The van der Waals surface area contributed by atoms with E-state index >= 15 is 0 Å². The number of hydrogen-bond donors (Lipinski definition) is 2. The van der Waals surface area contributed by atoms with Crippen molar-refractivity contribution in [3.05, 3.63) is 23.3 Å². The first-order valence-corrected chi connectivity index (χ1v) is 6.88. The lowest BCUT2D eigenvalue weighted by Crippen LogP contribution is -2.50. The number of amides is 2. The number of methoxy groups -OCH3 is 2. The Hall–Kier alpha value is -2.24. The lowest BCUT2D eigenvalue weighted by molar-refractivity contribution is -0.124. The highest BCUT2D eigenvalue weighted by atomic mass is 16.5. The average Bonchev–Trinajstić information content (AvgIpc) is 2.49. The number of nitrogens with one attached hydrogen (secondary N) is 2. The van der Waals surface area contributed by atoms with Gasteiger partial charge in [0.1, 0.15) is 17.5 Å². The number of hydrogen-bond acceptors (Lipinski definition) is 4. The molecule has 0 aliphatic carbocycles. The molecule has 1 aliphatic rings. The molecule has 0 bridgehead atoms. The van der Waals surface area contributed by atoms with Crippen molar-refractivity contribution in [3.63, 3.8) is 0 Å². The van der Waals surface area contributed by atoms with Crippen LogP contribution < -0.4 is 20.1 Å². The summed E-state index contributed by atoms with van der Waals surface area (Å²) in [4.78, 5) is 24.0. The van der Waals surface area contributed by atoms with Gasteiger partial charge in [0.2, 0.25) is 5.91 Å². The van der Waals surface area contributed by atoms with Crippen LogP contribution in [0.25, 0.3) is 0 Å². The monoisotopic (exact) mass is 292 g/mol. The van der Waals surface area contributed by atoms with Gasteiger partial charge >= 0.3 is 0 Å². The van der Waals surface area contributed by atoms with E-state index in [4.69, 9.17) is 9.47 Å². The van der Waals surface area contributed by atoms with Crippen molar-refractivity contribution in [3.8, 4) is 11.5 Å². The molecule has 0 radical (unpaired) electrons. The molecule has 21 heavy (non-hydrogen) atoms. The van der Waals surface area contributed by atoms with Gasteiger partial charge in [-0.25, -0.2) is 0 Å². The van der Waals surface area contributed by atoms with Crippen LogP contribution in [-0.4, -0.2) is 38.6 Å². The highest BCUT2D eigenvalue weighted by Gasteiger charge is 2.24. The molecule has 1 atom stereocenters. The van der Waals surface area contributed by atoms with Gasteiger partial charge in [0.15, 0.2) is 0 Å². The van der Waals surface area contributed by atoms with Gasteiger partial charge < -0.3 is 20.1 Å². The number of carbonyl (C=O) groups is 2. The quantitative estimate of drug-likeness (QED) is 0.868. The topological polar surface area (TPSA) is 76.7 Å². The summed E-state index contributed by atoms with van der Waals surface area (Å²) in [6.45, 7) is 2.52. The summed E-state index contributed by atoms with van der Waals surface area (Å²) < 4.78 is 10.5. The minimum atomic E-state index is -0.482. The van der Waals surface area contributed by atoms with E-state index in [1.165, 1.54) is 14.2 Å². The van der Waals surface area contributed by atoms with E-state index in [2.05, 4.69) is 10.6 Å². The zero-order valence-electron chi connectivity index (χ0n) is 12.5. The van der Waals surface area contributed by atoms with Crippen molar-refractivity contribution in [1.82, 2.24) is 10.6 Å². The minimum Gasteiger partial charge on any atom is -0.496 e. The first-order valence-electron chi connectivity index (χ1n) is 6.88.